The van der Waals surface area contributed by atoms with E-state index in [1.807, 2.05) is 24.3 Å². The van der Waals surface area contributed by atoms with Gasteiger partial charge in [-0.2, -0.15) is 0 Å². The first-order valence-electron chi connectivity index (χ1n) is 8.60. The first-order valence-corrected chi connectivity index (χ1v) is 8.60. The van der Waals surface area contributed by atoms with Crippen molar-refractivity contribution in [2.24, 2.45) is 5.73 Å². The lowest BCUT2D eigenvalue weighted by atomic mass is 10.1. The van der Waals surface area contributed by atoms with E-state index in [-0.39, 0.29) is 18.3 Å². The van der Waals surface area contributed by atoms with Gasteiger partial charge in [-0.3, -0.25) is 4.79 Å². The predicted octanol–water partition coefficient (Wildman–Crippen LogP) is 2.66. The number of benzene rings is 1. The molecule has 0 bridgehead atoms. The normalized spacial score (nSPS) is 22.0. The quantitative estimate of drug-likeness (QED) is 0.919. The maximum absolute atomic E-state index is 12.8. The van der Waals surface area contributed by atoms with Gasteiger partial charge in [0.1, 0.15) is 0 Å². The van der Waals surface area contributed by atoms with Crippen molar-refractivity contribution in [3.8, 4) is 0 Å². The Balaban J connectivity index is 0.00000192. The topological polar surface area (TPSA) is 49.6 Å². The average molecular weight is 338 g/mol. The smallest absolute Gasteiger partial charge is 0.254 e. The molecule has 0 aliphatic carbocycles. The molecule has 2 heterocycles. The number of halogens is 1. The maximum atomic E-state index is 12.8. The second-order valence-corrected chi connectivity index (χ2v) is 6.56. The van der Waals surface area contributed by atoms with Crippen LogP contribution < -0.4 is 5.73 Å². The average Bonchev–Trinajstić information content (AvgIpc) is 3.03. The Labute approximate surface area is 145 Å². The highest BCUT2D eigenvalue weighted by Crippen LogP contribution is 2.22. The fourth-order valence-electron chi connectivity index (χ4n) is 3.68. The number of amides is 1. The number of hydrogen-bond donors (Lipinski definition) is 1. The van der Waals surface area contributed by atoms with E-state index in [2.05, 4.69) is 9.80 Å². The molecule has 0 saturated carbocycles. The molecule has 1 aromatic carbocycles. The molecule has 4 nitrogen and oxygen atoms in total. The van der Waals surface area contributed by atoms with Crippen LogP contribution in [0.25, 0.3) is 0 Å². The Morgan fingerprint density at radius 1 is 1.04 bits per heavy atom. The Morgan fingerprint density at radius 2 is 1.74 bits per heavy atom. The van der Waals surface area contributed by atoms with Crippen molar-refractivity contribution >= 4 is 18.3 Å². The fourth-order valence-corrected chi connectivity index (χ4v) is 3.68. The minimum Gasteiger partial charge on any atom is -0.334 e. The zero-order valence-electron chi connectivity index (χ0n) is 13.7. The SMILES string of the molecule is Cl.NCc1ccc(C(=O)N2CCCC2CN2CCCCC2)cc1. The summed E-state index contributed by atoms with van der Waals surface area (Å²) in [5.41, 5.74) is 7.49. The van der Waals surface area contributed by atoms with E-state index in [0.29, 0.717) is 12.6 Å². The van der Waals surface area contributed by atoms with Crippen LogP contribution in [0.15, 0.2) is 24.3 Å². The van der Waals surface area contributed by atoms with Gasteiger partial charge < -0.3 is 15.5 Å². The number of piperidine rings is 1. The van der Waals surface area contributed by atoms with Crippen LogP contribution in [0.3, 0.4) is 0 Å². The zero-order chi connectivity index (χ0) is 15.4. The molecule has 128 valence electrons. The van der Waals surface area contributed by atoms with Gasteiger partial charge in [0.25, 0.3) is 5.91 Å². The van der Waals surface area contributed by atoms with Gasteiger partial charge in [-0.05, 0) is 56.5 Å². The van der Waals surface area contributed by atoms with Crippen LogP contribution >= 0.6 is 12.4 Å². The summed E-state index contributed by atoms with van der Waals surface area (Å²) in [5, 5.41) is 0. The minimum absolute atomic E-state index is 0. The zero-order valence-corrected chi connectivity index (χ0v) is 14.6. The molecule has 0 radical (unpaired) electrons. The van der Waals surface area contributed by atoms with Gasteiger partial charge in [-0.15, -0.1) is 12.4 Å². The van der Waals surface area contributed by atoms with E-state index >= 15 is 0 Å². The molecule has 2 saturated heterocycles. The molecule has 0 aromatic heterocycles. The largest absolute Gasteiger partial charge is 0.334 e. The Morgan fingerprint density at radius 3 is 2.39 bits per heavy atom. The van der Waals surface area contributed by atoms with E-state index in [0.717, 1.165) is 37.1 Å². The standard InChI is InChI=1S/C18H27N3O.ClH/c19-13-15-6-8-16(9-7-15)18(22)21-12-4-5-17(21)14-20-10-2-1-3-11-20;/h6-9,17H,1-5,10-14,19H2;1H. The molecule has 1 atom stereocenters. The molecule has 5 heteroatoms. The lowest BCUT2D eigenvalue weighted by Crippen LogP contribution is -2.44. The maximum Gasteiger partial charge on any atom is 0.254 e. The summed E-state index contributed by atoms with van der Waals surface area (Å²) >= 11 is 0. The molecule has 2 N–H and O–H groups in total. The number of nitrogens with two attached hydrogens (primary N) is 1. The molecular formula is C18H28ClN3O. The van der Waals surface area contributed by atoms with Crippen molar-refractivity contribution in [1.82, 2.24) is 9.80 Å². The second kappa shape index (κ2) is 8.67. The van der Waals surface area contributed by atoms with Crippen molar-refractivity contribution in [2.75, 3.05) is 26.2 Å². The third kappa shape index (κ3) is 4.46. The molecule has 1 amide bonds. The van der Waals surface area contributed by atoms with Crippen LogP contribution in [-0.4, -0.2) is 47.9 Å². The summed E-state index contributed by atoms with van der Waals surface area (Å²) in [6.07, 6.45) is 6.24. The van der Waals surface area contributed by atoms with Crippen molar-refractivity contribution < 1.29 is 4.79 Å². The number of hydrogen-bond acceptors (Lipinski definition) is 3. The van der Waals surface area contributed by atoms with E-state index in [1.165, 1.54) is 32.4 Å². The number of nitrogens with zero attached hydrogens (tertiary/aromatic N) is 2. The minimum atomic E-state index is 0. The molecule has 23 heavy (non-hydrogen) atoms. The van der Waals surface area contributed by atoms with E-state index in [1.54, 1.807) is 0 Å². The molecule has 0 spiro atoms. The molecular weight excluding hydrogens is 310 g/mol. The summed E-state index contributed by atoms with van der Waals surface area (Å²) in [6.45, 7) is 4.87. The monoisotopic (exact) mass is 337 g/mol. The van der Waals surface area contributed by atoms with E-state index < -0.39 is 0 Å². The van der Waals surface area contributed by atoms with Gasteiger partial charge in [-0.1, -0.05) is 18.6 Å². The summed E-state index contributed by atoms with van der Waals surface area (Å²) in [7, 11) is 0. The molecule has 1 aromatic rings. The third-order valence-electron chi connectivity index (χ3n) is 4.99. The Hall–Kier alpha value is -1.10. The van der Waals surface area contributed by atoms with Crippen LogP contribution in [0.5, 0.6) is 0 Å². The van der Waals surface area contributed by atoms with E-state index in [9.17, 15) is 4.79 Å². The highest BCUT2D eigenvalue weighted by atomic mass is 35.5. The highest BCUT2D eigenvalue weighted by molar-refractivity contribution is 5.94. The van der Waals surface area contributed by atoms with Gasteiger partial charge in [0, 0.05) is 31.2 Å². The predicted molar refractivity (Wildman–Crippen MR) is 95.9 cm³/mol. The summed E-state index contributed by atoms with van der Waals surface area (Å²) < 4.78 is 0. The molecule has 1 unspecified atom stereocenters. The number of carbonyl (C=O) groups is 1. The Kier molecular flexibility index (Phi) is 6.88. The molecule has 2 fully saturated rings. The molecule has 3 rings (SSSR count). The number of carbonyl (C=O) groups excluding carboxylic acids is 1. The first-order chi connectivity index (χ1) is 10.8. The summed E-state index contributed by atoms with van der Waals surface area (Å²) in [6, 6.07) is 8.15. The summed E-state index contributed by atoms with van der Waals surface area (Å²) in [5.74, 6) is 0.183. The molecule has 2 aliphatic rings. The Bertz CT molecular complexity index is 499. The van der Waals surface area contributed by atoms with Crippen LogP contribution in [0.1, 0.15) is 48.0 Å². The highest BCUT2D eigenvalue weighted by Gasteiger charge is 2.30. The van der Waals surface area contributed by atoms with Crippen LogP contribution in [0, 0.1) is 0 Å². The van der Waals surface area contributed by atoms with Gasteiger partial charge in [0.15, 0.2) is 0 Å². The van der Waals surface area contributed by atoms with Crippen LogP contribution in [-0.2, 0) is 6.54 Å². The van der Waals surface area contributed by atoms with Crippen LogP contribution in [0.2, 0.25) is 0 Å². The van der Waals surface area contributed by atoms with E-state index in [4.69, 9.17) is 5.73 Å². The molecule has 2 aliphatic heterocycles. The van der Waals surface area contributed by atoms with Crippen molar-refractivity contribution in [2.45, 2.75) is 44.7 Å². The van der Waals surface area contributed by atoms with Crippen molar-refractivity contribution in [3.63, 3.8) is 0 Å². The number of rotatable bonds is 4. The first kappa shape index (κ1) is 18.2. The van der Waals surface area contributed by atoms with Gasteiger partial charge in [0.2, 0.25) is 0 Å². The van der Waals surface area contributed by atoms with Gasteiger partial charge in [0.05, 0.1) is 0 Å². The number of likely N-dealkylation sites (tertiary alicyclic amines) is 2. The third-order valence-corrected chi connectivity index (χ3v) is 4.99. The fraction of sp³-hybridized carbons (Fsp3) is 0.611. The lowest BCUT2D eigenvalue weighted by Gasteiger charge is -2.33. The lowest BCUT2D eigenvalue weighted by molar-refractivity contribution is 0.0690. The van der Waals surface area contributed by atoms with Gasteiger partial charge >= 0.3 is 0 Å². The van der Waals surface area contributed by atoms with Gasteiger partial charge in [-0.25, -0.2) is 0 Å². The van der Waals surface area contributed by atoms with Crippen LogP contribution in [0.4, 0.5) is 0 Å². The van der Waals surface area contributed by atoms with Crippen molar-refractivity contribution in [3.05, 3.63) is 35.4 Å². The second-order valence-electron chi connectivity index (χ2n) is 6.56. The summed E-state index contributed by atoms with van der Waals surface area (Å²) in [4.78, 5) is 17.4. The van der Waals surface area contributed by atoms with Crippen molar-refractivity contribution in [1.29, 1.82) is 0 Å².